The topological polar surface area (TPSA) is 21.3 Å². The zero-order valence-electron chi connectivity index (χ0n) is 36.5. The number of rotatable bonds is 6. The number of para-hydroxylation sites is 4. The van der Waals surface area contributed by atoms with Gasteiger partial charge in [-0.25, -0.2) is 0 Å². The summed E-state index contributed by atoms with van der Waals surface area (Å²) in [5.41, 5.74) is 21.7. The standard InChI is InChI=1S/C61H46N2O/c1-60(2)51-33-38(25-29-43(51)44-30-26-40(34-52(44)60)39-15-6-5-7-16-39)37-62(57-23-14-20-50-49-19-10-13-24-58(49)64-59(50)57)41-27-31-45-46-32-28-42(36-54(46)61(3,4)53(45)35-41)63-55-21-11-8-17-47(55)48-18-9-12-22-56(48)63/h5-36H,37H2,1-4H3. The minimum Gasteiger partial charge on any atom is -0.454 e. The molecule has 13 rings (SSSR count). The predicted molar refractivity (Wildman–Crippen MR) is 267 cm³/mol. The quantitative estimate of drug-likeness (QED) is 0.167. The Morgan fingerprint density at radius 3 is 1.73 bits per heavy atom. The van der Waals surface area contributed by atoms with E-state index >= 15 is 0 Å². The van der Waals surface area contributed by atoms with E-state index in [-0.39, 0.29) is 10.8 Å². The van der Waals surface area contributed by atoms with Crippen molar-refractivity contribution in [3.8, 4) is 39.1 Å². The van der Waals surface area contributed by atoms with Crippen molar-refractivity contribution in [1.82, 2.24) is 4.57 Å². The summed E-state index contributed by atoms with van der Waals surface area (Å²) in [5, 5.41) is 4.82. The van der Waals surface area contributed by atoms with E-state index in [9.17, 15) is 0 Å². The highest BCUT2D eigenvalue weighted by Crippen LogP contribution is 2.53. The molecular formula is C61H46N2O. The third kappa shape index (κ3) is 5.28. The Hall–Kier alpha value is -7.62. The van der Waals surface area contributed by atoms with Gasteiger partial charge in [-0.15, -0.1) is 0 Å². The van der Waals surface area contributed by atoms with Gasteiger partial charge in [0.1, 0.15) is 5.58 Å². The van der Waals surface area contributed by atoms with Gasteiger partial charge in [0.2, 0.25) is 0 Å². The van der Waals surface area contributed by atoms with Crippen molar-refractivity contribution in [3.05, 3.63) is 222 Å². The first-order valence-electron chi connectivity index (χ1n) is 22.5. The molecule has 2 heterocycles. The van der Waals surface area contributed by atoms with Crippen molar-refractivity contribution < 1.29 is 4.42 Å². The summed E-state index contributed by atoms with van der Waals surface area (Å²) in [4.78, 5) is 2.48. The third-order valence-corrected chi connectivity index (χ3v) is 14.7. The number of nitrogens with zero attached hydrogens (tertiary/aromatic N) is 2. The molecule has 0 unspecified atom stereocenters. The number of anilines is 2. The molecule has 0 fully saturated rings. The van der Waals surface area contributed by atoms with Crippen molar-refractivity contribution in [2.24, 2.45) is 0 Å². The van der Waals surface area contributed by atoms with Gasteiger partial charge in [-0.1, -0.05) is 167 Å². The summed E-state index contributed by atoms with van der Waals surface area (Å²) < 4.78 is 9.20. The van der Waals surface area contributed by atoms with Gasteiger partial charge in [0.05, 0.1) is 16.7 Å². The van der Waals surface area contributed by atoms with Gasteiger partial charge in [-0.05, 0) is 116 Å². The highest BCUT2D eigenvalue weighted by molar-refractivity contribution is 6.10. The molecule has 64 heavy (non-hydrogen) atoms. The number of fused-ring (bicyclic) bond motifs is 12. The molecule has 0 N–H and O–H groups in total. The molecule has 0 saturated carbocycles. The van der Waals surface area contributed by atoms with Crippen LogP contribution in [0.2, 0.25) is 0 Å². The van der Waals surface area contributed by atoms with E-state index in [0.717, 1.165) is 33.3 Å². The second-order valence-corrected chi connectivity index (χ2v) is 18.9. The molecule has 9 aromatic carbocycles. The summed E-state index contributed by atoms with van der Waals surface area (Å²) in [6, 6.07) is 71.7. The first kappa shape index (κ1) is 37.0. The van der Waals surface area contributed by atoms with Crippen LogP contribution in [-0.4, -0.2) is 4.57 Å². The van der Waals surface area contributed by atoms with Crippen molar-refractivity contribution in [2.75, 3.05) is 4.90 Å². The Morgan fingerprint density at radius 2 is 1.00 bits per heavy atom. The van der Waals surface area contributed by atoms with Gasteiger partial charge < -0.3 is 13.9 Å². The molecule has 3 heteroatoms. The second-order valence-electron chi connectivity index (χ2n) is 18.9. The highest BCUT2D eigenvalue weighted by Gasteiger charge is 2.38. The van der Waals surface area contributed by atoms with Gasteiger partial charge in [0, 0.05) is 50.3 Å². The maximum atomic E-state index is 6.77. The Labute approximate surface area is 373 Å². The summed E-state index contributed by atoms with van der Waals surface area (Å²) in [7, 11) is 0. The van der Waals surface area contributed by atoms with Crippen LogP contribution in [0.4, 0.5) is 11.4 Å². The Morgan fingerprint density at radius 1 is 0.438 bits per heavy atom. The first-order valence-corrected chi connectivity index (χ1v) is 22.5. The van der Waals surface area contributed by atoms with E-state index in [2.05, 4.69) is 231 Å². The van der Waals surface area contributed by atoms with Crippen LogP contribution in [0.5, 0.6) is 0 Å². The van der Waals surface area contributed by atoms with Gasteiger partial charge >= 0.3 is 0 Å². The molecule has 306 valence electrons. The van der Waals surface area contributed by atoms with Crippen molar-refractivity contribution in [3.63, 3.8) is 0 Å². The van der Waals surface area contributed by atoms with Crippen LogP contribution >= 0.6 is 0 Å². The maximum Gasteiger partial charge on any atom is 0.159 e. The van der Waals surface area contributed by atoms with Gasteiger partial charge in [-0.2, -0.15) is 0 Å². The predicted octanol–water partition coefficient (Wildman–Crippen LogP) is 16.3. The molecule has 0 atom stereocenters. The lowest BCUT2D eigenvalue weighted by atomic mass is 9.81. The molecule has 11 aromatic rings. The van der Waals surface area contributed by atoms with Gasteiger partial charge in [-0.3, -0.25) is 0 Å². The fraction of sp³-hybridized carbons (Fsp3) is 0.115. The van der Waals surface area contributed by atoms with Crippen LogP contribution in [-0.2, 0) is 17.4 Å². The van der Waals surface area contributed by atoms with Crippen molar-refractivity contribution in [2.45, 2.75) is 45.1 Å². The summed E-state index contributed by atoms with van der Waals surface area (Å²) in [6.07, 6.45) is 0. The zero-order valence-corrected chi connectivity index (χ0v) is 36.5. The monoisotopic (exact) mass is 822 g/mol. The van der Waals surface area contributed by atoms with Crippen LogP contribution in [0.3, 0.4) is 0 Å². The summed E-state index contributed by atoms with van der Waals surface area (Å²) in [5.74, 6) is 0. The van der Waals surface area contributed by atoms with E-state index in [4.69, 9.17) is 4.42 Å². The van der Waals surface area contributed by atoms with Crippen molar-refractivity contribution in [1.29, 1.82) is 0 Å². The van der Waals surface area contributed by atoms with Crippen LogP contribution in [0.25, 0.3) is 82.8 Å². The molecule has 0 aliphatic heterocycles. The SMILES string of the molecule is CC1(C)c2cc(CN(c3ccc4c(c3)C(C)(C)c3cc(-n5c6ccccc6c6ccccc65)ccc3-4)c3cccc4c3oc3ccccc34)ccc2-c2ccc(-c3ccccc3)cc21. The van der Waals surface area contributed by atoms with Crippen LogP contribution in [0, 0.1) is 0 Å². The van der Waals surface area contributed by atoms with Gasteiger partial charge in [0.25, 0.3) is 0 Å². The average molecular weight is 823 g/mol. The van der Waals surface area contributed by atoms with Crippen LogP contribution in [0.1, 0.15) is 55.5 Å². The molecule has 0 radical (unpaired) electrons. The van der Waals surface area contributed by atoms with E-state index in [1.807, 2.05) is 0 Å². The van der Waals surface area contributed by atoms with E-state index < -0.39 is 0 Å². The highest BCUT2D eigenvalue weighted by atomic mass is 16.3. The second kappa shape index (κ2) is 13.4. The lowest BCUT2D eigenvalue weighted by Crippen LogP contribution is -2.20. The zero-order chi connectivity index (χ0) is 42.9. The minimum atomic E-state index is -0.242. The van der Waals surface area contributed by atoms with Crippen LogP contribution < -0.4 is 4.90 Å². The van der Waals surface area contributed by atoms with Crippen LogP contribution in [0.15, 0.2) is 199 Å². The normalized spacial score (nSPS) is 14.2. The number of hydrogen-bond donors (Lipinski definition) is 0. The average Bonchev–Trinajstić information content (AvgIpc) is 4.01. The minimum absolute atomic E-state index is 0.156. The molecule has 0 amide bonds. The molecule has 0 spiro atoms. The van der Waals surface area contributed by atoms with E-state index in [1.165, 1.54) is 88.7 Å². The largest absolute Gasteiger partial charge is 0.454 e. The number of furan rings is 1. The maximum absolute atomic E-state index is 6.77. The number of benzene rings is 9. The van der Waals surface area contributed by atoms with E-state index in [0.29, 0.717) is 6.54 Å². The molecule has 2 aromatic heterocycles. The molecule has 2 aliphatic carbocycles. The smallest absolute Gasteiger partial charge is 0.159 e. The Bertz CT molecular complexity index is 3660. The van der Waals surface area contributed by atoms with E-state index in [1.54, 1.807) is 0 Å². The molecular weight excluding hydrogens is 777 g/mol. The molecule has 0 saturated heterocycles. The molecule has 0 bridgehead atoms. The summed E-state index contributed by atoms with van der Waals surface area (Å²) in [6.45, 7) is 10.2. The molecule has 3 nitrogen and oxygen atoms in total. The lowest BCUT2D eigenvalue weighted by molar-refractivity contribution is 0.657. The van der Waals surface area contributed by atoms with Gasteiger partial charge in [0.15, 0.2) is 5.58 Å². The Kier molecular flexibility index (Phi) is 7.77. The number of hydrogen-bond acceptors (Lipinski definition) is 2. The third-order valence-electron chi connectivity index (χ3n) is 14.7. The molecule has 2 aliphatic rings. The fourth-order valence-corrected chi connectivity index (χ4v) is 11.4. The lowest BCUT2D eigenvalue weighted by Gasteiger charge is -2.29. The number of aromatic nitrogens is 1. The first-order chi connectivity index (χ1) is 31.2. The fourth-order valence-electron chi connectivity index (χ4n) is 11.4. The summed E-state index contributed by atoms with van der Waals surface area (Å²) >= 11 is 0. The van der Waals surface area contributed by atoms with Crippen molar-refractivity contribution >= 4 is 55.1 Å². The Balaban J connectivity index is 0.930.